The maximum Gasteiger partial charge on any atom is 0.273 e. The van der Waals surface area contributed by atoms with E-state index in [0.717, 1.165) is 10.8 Å². The number of aromatic nitrogens is 2. The van der Waals surface area contributed by atoms with E-state index in [0.29, 0.717) is 24.4 Å². The van der Waals surface area contributed by atoms with Gasteiger partial charge in [-0.15, -0.1) is 13.2 Å². The number of pyridine rings is 1. The number of hydrogen-bond donors (Lipinski definition) is 2. The van der Waals surface area contributed by atoms with Crippen LogP contribution in [0.15, 0.2) is 72.6 Å². The highest BCUT2D eigenvalue weighted by molar-refractivity contribution is 5.92. The molecule has 0 unspecified atom stereocenters. The lowest BCUT2D eigenvalue weighted by Crippen LogP contribution is -2.42. The molecule has 3 rings (SSSR count). The molecule has 2 N–H and O–H groups in total. The second-order valence-electron chi connectivity index (χ2n) is 6.71. The van der Waals surface area contributed by atoms with Gasteiger partial charge in [0.15, 0.2) is 11.5 Å². The summed E-state index contributed by atoms with van der Waals surface area (Å²) in [6.45, 7) is 7.43. The molecule has 0 fully saturated rings. The summed E-state index contributed by atoms with van der Waals surface area (Å²) in [5.74, 6) is 0.655. The van der Waals surface area contributed by atoms with Gasteiger partial charge in [-0.1, -0.05) is 29.4 Å². The Bertz CT molecular complexity index is 997. The number of nitrogens with one attached hydrogen (secondary N) is 1. The zero-order valence-corrected chi connectivity index (χ0v) is 16.0. The standard InChI is InChI=1S/C22H23N3O4/c1-3-9-22(27,10-4-2)15-24-21(26)19-12-17(29-25-19)14-28-20-7-5-6-16-13-23-11-8-18(16)20/h3-8,11-13,27H,1-2,9-10,14-15H2,(H,24,26). The molecule has 0 aliphatic carbocycles. The second kappa shape index (κ2) is 9.16. The molecule has 2 aromatic heterocycles. The van der Waals surface area contributed by atoms with E-state index in [9.17, 15) is 9.90 Å². The van der Waals surface area contributed by atoms with Gasteiger partial charge >= 0.3 is 0 Å². The topological polar surface area (TPSA) is 97.5 Å². The molecule has 0 spiro atoms. The van der Waals surface area contributed by atoms with Crippen molar-refractivity contribution in [2.24, 2.45) is 0 Å². The molecule has 0 bridgehead atoms. The fourth-order valence-electron chi connectivity index (χ4n) is 2.96. The minimum absolute atomic E-state index is 0.0482. The van der Waals surface area contributed by atoms with Crippen LogP contribution in [0.2, 0.25) is 0 Å². The Morgan fingerprint density at radius 1 is 1.28 bits per heavy atom. The van der Waals surface area contributed by atoms with E-state index >= 15 is 0 Å². The van der Waals surface area contributed by atoms with Crippen LogP contribution in [-0.4, -0.2) is 33.3 Å². The number of hydrogen-bond acceptors (Lipinski definition) is 6. The number of carbonyl (C=O) groups excluding carboxylic acids is 1. The number of ether oxygens (including phenoxy) is 1. The van der Waals surface area contributed by atoms with Crippen molar-refractivity contribution in [1.29, 1.82) is 0 Å². The van der Waals surface area contributed by atoms with Crippen molar-refractivity contribution >= 4 is 16.7 Å². The van der Waals surface area contributed by atoms with Gasteiger partial charge in [-0.25, -0.2) is 0 Å². The second-order valence-corrected chi connectivity index (χ2v) is 6.71. The number of benzene rings is 1. The average molecular weight is 393 g/mol. The van der Waals surface area contributed by atoms with Crippen LogP contribution in [0, 0.1) is 0 Å². The molecule has 0 atom stereocenters. The smallest absolute Gasteiger partial charge is 0.273 e. The maximum absolute atomic E-state index is 12.3. The van der Waals surface area contributed by atoms with Crippen molar-refractivity contribution in [2.75, 3.05) is 6.54 Å². The fourth-order valence-corrected chi connectivity index (χ4v) is 2.96. The quantitative estimate of drug-likeness (QED) is 0.512. The zero-order chi connectivity index (χ0) is 20.7. The lowest BCUT2D eigenvalue weighted by atomic mass is 9.95. The van der Waals surface area contributed by atoms with Gasteiger partial charge in [-0.2, -0.15) is 0 Å². The molecule has 29 heavy (non-hydrogen) atoms. The highest BCUT2D eigenvalue weighted by atomic mass is 16.5. The molecule has 0 aliphatic heterocycles. The molecule has 150 valence electrons. The monoisotopic (exact) mass is 393 g/mol. The molecule has 0 saturated carbocycles. The van der Waals surface area contributed by atoms with Crippen molar-refractivity contribution < 1.29 is 19.2 Å². The Balaban J connectivity index is 1.60. The van der Waals surface area contributed by atoms with Gasteiger partial charge in [0.25, 0.3) is 5.91 Å². The first-order valence-corrected chi connectivity index (χ1v) is 9.18. The predicted octanol–water partition coefficient (Wildman–Crippen LogP) is 3.41. The van der Waals surface area contributed by atoms with Crippen molar-refractivity contribution in [2.45, 2.75) is 25.0 Å². The van der Waals surface area contributed by atoms with Gasteiger partial charge in [0.2, 0.25) is 0 Å². The SMILES string of the molecule is C=CCC(O)(CC=C)CNC(=O)c1cc(COc2cccc3cnccc23)on1. The summed E-state index contributed by atoms with van der Waals surface area (Å²) in [6, 6.07) is 9.07. The largest absolute Gasteiger partial charge is 0.485 e. The Morgan fingerprint density at radius 2 is 2.07 bits per heavy atom. The number of fused-ring (bicyclic) bond motifs is 1. The van der Waals surface area contributed by atoms with Crippen LogP contribution >= 0.6 is 0 Å². The van der Waals surface area contributed by atoms with Crippen molar-refractivity contribution in [1.82, 2.24) is 15.5 Å². The molecule has 7 heteroatoms. The van der Waals surface area contributed by atoms with E-state index in [1.165, 1.54) is 6.07 Å². The van der Waals surface area contributed by atoms with Crippen LogP contribution in [0.25, 0.3) is 10.8 Å². The Hall–Kier alpha value is -3.45. The van der Waals surface area contributed by atoms with E-state index in [1.54, 1.807) is 24.5 Å². The molecule has 0 saturated heterocycles. The van der Waals surface area contributed by atoms with Crippen LogP contribution in [0.1, 0.15) is 29.1 Å². The van der Waals surface area contributed by atoms with E-state index < -0.39 is 11.5 Å². The highest BCUT2D eigenvalue weighted by Gasteiger charge is 2.25. The summed E-state index contributed by atoms with van der Waals surface area (Å²) in [6.07, 6.45) is 7.33. The number of nitrogens with zero attached hydrogens (tertiary/aromatic N) is 2. The van der Waals surface area contributed by atoms with Gasteiger partial charge in [0.1, 0.15) is 12.4 Å². The molecule has 0 radical (unpaired) electrons. The Kier molecular flexibility index (Phi) is 6.41. The van der Waals surface area contributed by atoms with E-state index in [-0.39, 0.29) is 18.8 Å². The van der Waals surface area contributed by atoms with E-state index in [1.807, 2.05) is 24.3 Å². The first-order valence-electron chi connectivity index (χ1n) is 9.18. The van der Waals surface area contributed by atoms with Crippen LogP contribution in [0.4, 0.5) is 0 Å². The molecule has 3 aromatic rings. The van der Waals surface area contributed by atoms with Gasteiger partial charge in [0.05, 0.1) is 5.60 Å². The first-order chi connectivity index (χ1) is 14.0. The third-order valence-electron chi connectivity index (χ3n) is 4.43. The Labute approximate surface area is 168 Å². The summed E-state index contributed by atoms with van der Waals surface area (Å²) < 4.78 is 11.0. The van der Waals surface area contributed by atoms with Crippen LogP contribution < -0.4 is 10.1 Å². The van der Waals surface area contributed by atoms with Crippen LogP contribution in [0.3, 0.4) is 0 Å². The summed E-state index contributed by atoms with van der Waals surface area (Å²) in [5.41, 5.74) is -1.01. The van der Waals surface area contributed by atoms with Crippen molar-refractivity contribution in [3.8, 4) is 5.75 Å². The van der Waals surface area contributed by atoms with Gasteiger partial charge in [-0.05, 0) is 25.0 Å². The maximum atomic E-state index is 12.3. The van der Waals surface area contributed by atoms with Crippen LogP contribution in [-0.2, 0) is 6.61 Å². The lowest BCUT2D eigenvalue weighted by Gasteiger charge is -2.25. The molecule has 1 amide bonds. The molecule has 1 aromatic carbocycles. The third-order valence-corrected chi connectivity index (χ3v) is 4.43. The number of rotatable bonds is 10. The number of carbonyl (C=O) groups is 1. The van der Waals surface area contributed by atoms with E-state index in [4.69, 9.17) is 9.26 Å². The molecule has 0 aliphatic rings. The van der Waals surface area contributed by atoms with Crippen molar-refractivity contribution in [3.05, 3.63) is 79.5 Å². The fraction of sp³-hybridized carbons (Fsp3) is 0.227. The molecule has 7 nitrogen and oxygen atoms in total. The summed E-state index contributed by atoms with van der Waals surface area (Å²) >= 11 is 0. The Morgan fingerprint density at radius 3 is 2.83 bits per heavy atom. The lowest BCUT2D eigenvalue weighted by molar-refractivity contribution is 0.0435. The average Bonchev–Trinajstić information content (AvgIpc) is 3.20. The number of aliphatic hydroxyl groups is 1. The molecular formula is C22H23N3O4. The predicted molar refractivity (Wildman–Crippen MR) is 109 cm³/mol. The summed E-state index contributed by atoms with van der Waals surface area (Å²) in [4.78, 5) is 16.4. The van der Waals surface area contributed by atoms with Gasteiger partial charge in [-0.3, -0.25) is 9.78 Å². The minimum Gasteiger partial charge on any atom is -0.485 e. The van der Waals surface area contributed by atoms with E-state index in [2.05, 4.69) is 28.6 Å². The third kappa shape index (κ3) is 5.08. The summed E-state index contributed by atoms with van der Waals surface area (Å²) in [5, 5.41) is 18.8. The normalized spacial score (nSPS) is 11.2. The molecule has 2 heterocycles. The first kappa shape index (κ1) is 20.3. The van der Waals surface area contributed by atoms with Gasteiger partial charge in [0, 0.05) is 35.8 Å². The highest BCUT2D eigenvalue weighted by Crippen LogP contribution is 2.25. The zero-order valence-electron chi connectivity index (χ0n) is 16.0. The van der Waals surface area contributed by atoms with Gasteiger partial charge < -0.3 is 19.7 Å². The molecular weight excluding hydrogens is 370 g/mol. The number of amides is 1. The summed E-state index contributed by atoms with van der Waals surface area (Å²) in [7, 11) is 0. The van der Waals surface area contributed by atoms with Crippen LogP contribution in [0.5, 0.6) is 5.75 Å². The van der Waals surface area contributed by atoms with Crippen molar-refractivity contribution in [3.63, 3.8) is 0 Å². The minimum atomic E-state index is -1.13.